The summed E-state index contributed by atoms with van der Waals surface area (Å²) in [6.45, 7) is 0. The minimum Gasteiger partial charge on any atom is -0.508 e. The van der Waals surface area contributed by atoms with Crippen LogP contribution < -0.4 is 14.2 Å². The predicted molar refractivity (Wildman–Crippen MR) is 283 cm³/mol. The van der Waals surface area contributed by atoms with E-state index in [1.807, 2.05) is 0 Å². The van der Waals surface area contributed by atoms with Crippen molar-refractivity contribution in [3.05, 3.63) is 159 Å². The van der Waals surface area contributed by atoms with Gasteiger partial charge in [0.05, 0.1) is 29.1 Å². The summed E-state index contributed by atoms with van der Waals surface area (Å²) in [5.41, 5.74) is -4.30. The number of phenolic OH excluding ortho intramolecular Hbond substituents is 18. The summed E-state index contributed by atoms with van der Waals surface area (Å²) in [6.07, 6.45) is -11.8. The lowest BCUT2D eigenvalue weighted by atomic mass is 9.73. The van der Waals surface area contributed by atoms with E-state index in [0.717, 1.165) is 60.7 Å². The minimum absolute atomic E-state index is 0.00381. The number of esters is 2. The van der Waals surface area contributed by atoms with Gasteiger partial charge in [0.15, 0.2) is 93.4 Å². The summed E-state index contributed by atoms with van der Waals surface area (Å²) in [4.78, 5) is 29.3. The van der Waals surface area contributed by atoms with Gasteiger partial charge in [0.2, 0.25) is 0 Å². The van der Waals surface area contributed by atoms with Gasteiger partial charge in [0.25, 0.3) is 0 Å². The van der Waals surface area contributed by atoms with Crippen LogP contribution in [0.4, 0.5) is 0 Å². The Bertz CT molecular complexity index is 4060. The van der Waals surface area contributed by atoms with Crippen LogP contribution in [0.2, 0.25) is 0 Å². The van der Waals surface area contributed by atoms with Crippen LogP contribution in [-0.4, -0.2) is 127 Å². The molecule has 0 aliphatic carbocycles. The SMILES string of the molecule is O=C(OC1C(c2ccc(O)c(O)c2)Oc2cc(O)cc(O)c2C1c1c(O)cc(O)c2c1OC(c1ccc(O)c(O)c1)C(OC(=O)c1cc(O)c(O)c(O)c1)C2c1c(O)cc(O)c2c1OC(c1ccc(O)c(O)c1)C(O)C2)c1cc(O)c(O)c(O)c1. The Morgan fingerprint density at radius 3 is 1.19 bits per heavy atom. The number of fused-ring (bicyclic) bond motifs is 3. The van der Waals surface area contributed by atoms with Crippen LogP contribution >= 0.6 is 0 Å². The second kappa shape index (κ2) is 20.5. The zero-order chi connectivity index (χ0) is 60.9. The molecule has 0 bridgehead atoms. The smallest absolute Gasteiger partial charge is 0.338 e. The topological polar surface area (TPSA) is 465 Å². The van der Waals surface area contributed by atoms with E-state index in [-0.39, 0.29) is 22.3 Å². The van der Waals surface area contributed by atoms with Gasteiger partial charge in [-0.3, -0.25) is 0 Å². The summed E-state index contributed by atoms with van der Waals surface area (Å²) >= 11 is 0. The first-order valence-electron chi connectivity index (χ1n) is 25.2. The Kier molecular flexibility index (Phi) is 13.3. The fraction of sp³-hybridized carbons (Fsp3) is 0.153. The Balaban J connectivity index is 1.24. The van der Waals surface area contributed by atoms with Crippen LogP contribution in [-0.2, 0) is 15.9 Å². The highest BCUT2D eigenvalue weighted by atomic mass is 16.6. The fourth-order valence-corrected chi connectivity index (χ4v) is 11.0. The summed E-state index contributed by atoms with van der Waals surface area (Å²) in [6, 6.07) is 15.5. The third-order valence-corrected chi connectivity index (χ3v) is 14.9. The van der Waals surface area contributed by atoms with E-state index >= 15 is 0 Å². The molecule has 0 saturated carbocycles. The number of hydrogen-bond acceptors (Lipinski definition) is 26. The first-order valence-corrected chi connectivity index (χ1v) is 25.2. The van der Waals surface area contributed by atoms with E-state index in [2.05, 4.69) is 0 Å². The highest BCUT2D eigenvalue weighted by molar-refractivity contribution is 5.92. The van der Waals surface area contributed by atoms with Crippen LogP contribution in [0.1, 0.15) is 95.4 Å². The number of carbonyl (C=O) groups is 2. The van der Waals surface area contributed by atoms with E-state index in [4.69, 9.17) is 23.7 Å². The maximum atomic E-state index is 14.7. The monoisotopic (exact) mass is 1170 g/mol. The molecule has 19 N–H and O–H groups in total. The van der Waals surface area contributed by atoms with Gasteiger partial charge < -0.3 is 121 Å². The zero-order valence-corrected chi connectivity index (χ0v) is 43.0. The molecule has 0 fully saturated rings. The van der Waals surface area contributed by atoms with Crippen molar-refractivity contribution in [2.75, 3.05) is 0 Å². The highest BCUT2D eigenvalue weighted by Crippen LogP contribution is 2.63. The molecule has 0 aromatic heterocycles. The molecule has 0 radical (unpaired) electrons. The number of aromatic hydroxyl groups is 18. The molecular formula is C59H46O26. The van der Waals surface area contributed by atoms with E-state index in [9.17, 15) is 107 Å². The third kappa shape index (κ3) is 9.42. The van der Waals surface area contributed by atoms with Crippen LogP contribution in [0.15, 0.2) is 103 Å². The van der Waals surface area contributed by atoms with E-state index < -0.39 is 221 Å². The van der Waals surface area contributed by atoms with Crippen molar-refractivity contribution in [3.8, 4) is 121 Å². The second-order valence-electron chi connectivity index (χ2n) is 20.1. The van der Waals surface area contributed by atoms with Crippen LogP contribution in [0, 0.1) is 0 Å². The molecule has 3 heterocycles. The predicted octanol–water partition coefficient (Wildman–Crippen LogP) is 6.41. The lowest BCUT2D eigenvalue weighted by molar-refractivity contribution is -0.0339. The molecule has 0 amide bonds. The molecule has 438 valence electrons. The number of aliphatic hydroxyl groups excluding tert-OH is 1. The van der Waals surface area contributed by atoms with Gasteiger partial charge in [-0.05, 0) is 66.2 Å². The van der Waals surface area contributed by atoms with Crippen molar-refractivity contribution in [1.29, 1.82) is 0 Å². The molecule has 3 aliphatic rings. The first-order chi connectivity index (χ1) is 40.3. The zero-order valence-electron chi connectivity index (χ0n) is 43.0. The number of aliphatic hydroxyl groups is 1. The second-order valence-corrected chi connectivity index (χ2v) is 20.1. The largest absolute Gasteiger partial charge is 0.508 e. The number of ether oxygens (including phenoxy) is 5. The van der Waals surface area contributed by atoms with Crippen LogP contribution in [0.25, 0.3) is 0 Å². The van der Waals surface area contributed by atoms with Crippen molar-refractivity contribution in [1.82, 2.24) is 0 Å². The molecule has 26 nitrogen and oxygen atoms in total. The molecule has 8 aromatic carbocycles. The van der Waals surface area contributed by atoms with Gasteiger partial charge in [0, 0.05) is 69.6 Å². The van der Waals surface area contributed by atoms with Crippen molar-refractivity contribution in [2.24, 2.45) is 0 Å². The van der Waals surface area contributed by atoms with Gasteiger partial charge in [-0.25, -0.2) is 9.59 Å². The number of hydrogen-bond donors (Lipinski definition) is 19. The Hall–Kier alpha value is -11.5. The van der Waals surface area contributed by atoms with E-state index in [0.29, 0.717) is 30.3 Å². The highest BCUT2D eigenvalue weighted by Gasteiger charge is 2.54. The van der Waals surface area contributed by atoms with Gasteiger partial charge in [0.1, 0.15) is 57.8 Å². The summed E-state index contributed by atoms with van der Waals surface area (Å²) in [7, 11) is 0. The third-order valence-electron chi connectivity index (χ3n) is 14.9. The quantitative estimate of drug-likeness (QED) is 0.0548. The van der Waals surface area contributed by atoms with Gasteiger partial charge >= 0.3 is 11.9 Å². The van der Waals surface area contributed by atoms with Gasteiger partial charge in [-0.2, -0.15) is 0 Å². The molecule has 8 atom stereocenters. The number of carbonyl (C=O) groups excluding carboxylic acids is 2. The number of rotatable bonds is 9. The lowest BCUT2D eigenvalue weighted by Gasteiger charge is -2.44. The summed E-state index contributed by atoms with van der Waals surface area (Å²) in [5, 5.41) is 210. The molecule has 3 aliphatic heterocycles. The van der Waals surface area contributed by atoms with Crippen molar-refractivity contribution in [3.63, 3.8) is 0 Å². The Morgan fingerprint density at radius 1 is 0.365 bits per heavy atom. The van der Waals surface area contributed by atoms with Crippen molar-refractivity contribution < 1.29 is 130 Å². The summed E-state index contributed by atoms with van der Waals surface area (Å²) < 4.78 is 32.1. The van der Waals surface area contributed by atoms with Crippen molar-refractivity contribution >= 4 is 11.9 Å². The lowest BCUT2D eigenvalue weighted by Crippen LogP contribution is -2.42. The molecule has 8 aromatic rings. The normalized spacial score (nSPS) is 20.3. The maximum Gasteiger partial charge on any atom is 0.338 e. The van der Waals surface area contributed by atoms with Gasteiger partial charge in [-0.15, -0.1) is 0 Å². The average molecular weight is 1170 g/mol. The fourth-order valence-electron chi connectivity index (χ4n) is 11.0. The minimum atomic E-state index is -2.15. The van der Waals surface area contributed by atoms with E-state index in [1.54, 1.807) is 0 Å². The van der Waals surface area contributed by atoms with E-state index in [1.165, 1.54) is 12.1 Å². The molecule has 26 heteroatoms. The Morgan fingerprint density at radius 2 is 0.741 bits per heavy atom. The Labute approximate surface area is 475 Å². The summed E-state index contributed by atoms with van der Waals surface area (Å²) in [5.74, 6) is -24.3. The molecule has 11 rings (SSSR count). The molecule has 0 saturated heterocycles. The molecule has 8 unspecified atom stereocenters. The standard InChI is InChI=1S/C59H46O26/c60-24-14-33(68)43-42(15-24)81-52(20-2-5-27(62)31(66)8-20)56(84-58(79)22-10-37(72)49(77)38(73)11-22)47(43)45-35(70)18-36(71)46-48(44-34(69)17-29(64)25-16-41(76)51(82-54(25)44)19-1-4-26(61)30(65)7-19)57(85-59(80)23-12-39(74)50(78)40(75)13-23)53(83-55(45)46)21-3-6-28(63)32(67)9-21/h1-15,17-18,41,47-48,51-53,56-57,60-78H,16H2. The molecule has 85 heavy (non-hydrogen) atoms. The number of phenols is 18. The van der Waals surface area contributed by atoms with Crippen molar-refractivity contribution in [2.45, 2.75) is 54.9 Å². The maximum absolute atomic E-state index is 14.7. The number of benzene rings is 8. The van der Waals surface area contributed by atoms with Crippen LogP contribution in [0.3, 0.4) is 0 Å². The van der Waals surface area contributed by atoms with Crippen LogP contribution in [0.5, 0.6) is 121 Å². The average Bonchev–Trinajstić information content (AvgIpc) is 0.762. The van der Waals surface area contributed by atoms with Gasteiger partial charge in [-0.1, -0.05) is 18.2 Å². The molecule has 0 spiro atoms. The molecular weight excluding hydrogens is 1120 g/mol. The first kappa shape index (κ1) is 55.4.